The van der Waals surface area contributed by atoms with E-state index in [1.165, 1.54) is 4.90 Å². The Labute approximate surface area is 133 Å². The fourth-order valence-corrected chi connectivity index (χ4v) is 3.29. The summed E-state index contributed by atoms with van der Waals surface area (Å²) in [5.74, 6) is -1.14. The van der Waals surface area contributed by atoms with Crippen LogP contribution in [-0.2, 0) is 4.79 Å². The first kappa shape index (κ1) is 16.1. The topological polar surface area (TPSA) is 62.5 Å². The number of aliphatic carboxylic acids is 1. The van der Waals surface area contributed by atoms with Gasteiger partial charge in [0, 0.05) is 23.3 Å². The molecule has 0 aliphatic carbocycles. The van der Waals surface area contributed by atoms with Gasteiger partial charge in [-0.1, -0.05) is 0 Å². The fourth-order valence-electron chi connectivity index (χ4n) is 2.85. The van der Waals surface area contributed by atoms with Gasteiger partial charge in [0.05, 0.1) is 0 Å². The molecule has 1 aromatic heterocycles. The Morgan fingerprint density at radius 3 is 2.62 bits per heavy atom. The number of halogens is 1. The number of carboxylic acids is 1. The van der Waals surface area contributed by atoms with Crippen LogP contribution in [0.2, 0.25) is 0 Å². The lowest BCUT2D eigenvalue weighted by Crippen LogP contribution is -2.57. The van der Waals surface area contributed by atoms with Crippen molar-refractivity contribution >= 4 is 27.8 Å². The van der Waals surface area contributed by atoms with Gasteiger partial charge in [0.25, 0.3) is 5.91 Å². The Hall–Kier alpha value is -1.30. The molecular formula is C15H21BrN2O3. The summed E-state index contributed by atoms with van der Waals surface area (Å²) in [5, 5.41) is 9.54. The minimum absolute atomic E-state index is 0.135. The third-order valence-corrected chi connectivity index (χ3v) is 4.62. The zero-order chi connectivity index (χ0) is 15.8. The molecular weight excluding hydrogens is 336 g/mol. The van der Waals surface area contributed by atoms with Gasteiger partial charge in [0.2, 0.25) is 0 Å². The highest BCUT2D eigenvalue weighted by atomic mass is 79.9. The van der Waals surface area contributed by atoms with E-state index in [2.05, 4.69) is 15.9 Å². The SMILES string of the molecule is CC(C)n1cc(Br)cc1C(=O)N1CCCCC1(C)C(=O)O. The van der Waals surface area contributed by atoms with Crippen molar-refractivity contribution in [2.24, 2.45) is 0 Å². The number of likely N-dealkylation sites (tertiary alicyclic amines) is 1. The van der Waals surface area contributed by atoms with Crippen LogP contribution in [0.5, 0.6) is 0 Å². The molecule has 1 aliphatic heterocycles. The van der Waals surface area contributed by atoms with Gasteiger partial charge in [0.15, 0.2) is 0 Å². The van der Waals surface area contributed by atoms with E-state index in [0.29, 0.717) is 18.7 Å². The molecule has 0 bridgehead atoms. The van der Waals surface area contributed by atoms with E-state index < -0.39 is 11.5 Å². The van der Waals surface area contributed by atoms with Gasteiger partial charge in [-0.05, 0) is 62.0 Å². The molecule has 2 rings (SSSR count). The second kappa shape index (κ2) is 5.83. The van der Waals surface area contributed by atoms with Crippen molar-refractivity contribution in [2.45, 2.75) is 51.6 Å². The first-order chi connectivity index (χ1) is 9.77. The van der Waals surface area contributed by atoms with Crippen LogP contribution in [0, 0.1) is 0 Å². The molecule has 1 atom stereocenters. The van der Waals surface area contributed by atoms with Crippen molar-refractivity contribution in [3.05, 3.63) is 22.4 Å². The van der Waals surface area contributed by atoms with Gasteiger partial charge in [-0.2, -0.15) is 0 Å². The highest BCUT2D eigenvalue weighted by Gasteiger charge is 2.44. The molecule has 21 heavy (non-hydrogen) atoms. The van der Waals surface area contributed by atoms with Crippen LogP contribution >= 0.6 is 15.9 Å². The van der Waals surface area contributed by atoms with E-state index in [0.717, 1.165) is 17.3 Å². The predicted molar refractivity (Wildman–Crippen MR) is 83.4 cm³/mol. The smallest absolute Gasteiger partial charge is 0.329 e. The number of hydrogen-bond acceptors (Lipinski definition) is 2. The van der Waals surface area contributed by atoms with Crippen LogP contribution in [0.3, 0.4) is 0 Å². The monoisotopic (exact) mass is 356 g/mol. The van der Waals surface area contributed by atoms with Crippen LogP contribution in [0.4, 0.5) is 0 Å². The largest absolute Gasteiger partial charge is 0.480 e. The number of carbonyl (C=O) groups excluding carboxylic acids is 1. The molecule has 0 aromatic carbocycles. The first-order valence-corrected chi connectivity index (χ1v) is 7.99. The number of amides is 1. The van der Waals surface area contributed by atoms with Gasteiger partial charge >= 0.3 is 5.97 Å². The van der Waals surface area contributed by atoms with Crippen LogP contribution < -0.4 is 0 Å². The third-order valence-electron chi connectivity index (χ3n) is 4.19. The number of nitrogens with zero attached hydrogens (tertiary/aromatic N) is 2. The van der Waals surface area contributed by atoms with Gasteiger partial charge in [-0.25, -0.2) is 4.79 Å². The maximum absolute atomic E-state index is 12.9. The lowest BCUT2D eigenvalue weighted by molar-refractivity contribution is -0.150. The second-order valence-corrected chi connectivity index (χ2v) is 6.95. The molecule has 1 aliphatic rings. The van der Waals surface area contributed by atoms with E-state index in [4.69, 9.17) is 0 Å². The van der Waals surface area contributed by atoms with Crippen molar-refractivity contribution < 1.29 is 14.7 Å². The molecule has 1 fully saturated rings. The molecule has 1 unspecified atom stereocenters. The number of hydrogen-bond donors (Lipinski definition) is 1. The molecule has 5 nitrogen and oxygen atoms in total. The average molecular weight is 357 g/mol. The maximum atomic E-state index is 12.9. The van der Waals surface area contributed by atoms with E-state index in [1.54, 1.807) is 13.0 Å². The molecule has 2 heterocycles. The van der Waals surface area contributed by atoms with Crippen molar-refractivity contribution in [1.29, 1.82) is 0 Å². The molecule has 0 spiro atoms. The normalized spacial score (nSPS) is 22.6. The summed E-state index contributed by atoms with van der Waals surface area (Å²) in [6.07, 6.45) is 4.04. The van der Waals surface area contributed by atoms with Crippen LogP contribution in [0.15, 0.2) is 16.7 Å². The molecule has 116 valence electrons. The molecule has 0 radical (unpaired) electrons. The quantitative estimate of drug-likeness (QED) is 0.903. The van der Waals surface area contributed by atoms with Gasteiger partial charge < -0.3 is 14.6 Å². The summed E-state index contributed by atoms with van der Waals surface area (Å²) in [6, 6.07) is 1.90. The van der Waals surface area contributed by atoms with E-state index >= 15 is 0 Å². The van der Waals surface area contributed by atoms with Gasteiger partial charge in [-0.15, -0.1) is 0 Å². The molecule has 1 saturated heterocycles. The van der Waals surface area contributed by atoms with Gasteiger partial charge in [0.1, 0.15) is 11.2 Å². The minimum atomic E-state index is -1.12. The zero-order valence-corrected chi connectivity index (χ0v) is 14.2. The Bertz CT molecular complexity index is 567. The Balaban J connectivity index is 2.40. The number of aromatic nitrogens is 1. The number of carbonyl (C=O) groups is 2. The Kier molecular flexibility index (Phi) is 4.46. The number of piperidine rings is 1. The number of carboxylic acid groups (broad SMARTS) is 1. The van der Waals surface area contributed by atoms with Crippen LogP contribution in [0.25, 0.3) is 0 Å². The average Bonchev–Trinajstić information content (AvgIpc) is 2.80. The molecule has 0 saturated carbocycles. The van der Waals surface area contributed by atoms with Crippen molar-refractivity contribution in [3.63, 3.8) is 0 Å². The predicted octanol–water partition coefficient (Wildman–Crippen LogP) is 3.30. The summed E-state index contributed by atoms with van der Waals surface area (Å²) in [4.78, 5) is 26.0. The fraction of sp³-hybridized carbons (Fsp3) is 0.600. The summed E-state index contributed by atoms with van der Waals surface area (Å²) in [5.41, 5.74) is -0.584. The summed E-state index contributed by atoms with van der Waals surface area (Å²) in [6.45, 7) is 6.12. The van der Waals surface area contributed by atoms with E-state index in [-0.39, 0.29) is 11.9 Å². The summed E-state index contributed by atoms with van der Waals surface area (Å²) in [7, 11) is 0. The van der Waals surface area contributed by atoms with Gasteiger partial charge in [-0.3, -0.25) is 4.79 Å². The lowest BCUT2D eigenvalue weighted by atomic mass is 9.88. The highest BCUT2D eigenvalue weighted by molar-refractivity contribution is 9.10. The first-order valence-electron chi connectivity index (χ1n) is 7.20. The van der Waals surface area contributed by atoms with E-state index in [9.17, 15) is 14.7 Å². The molecule has 6 heteroatoms. The standard InChI is InChI=1S/C15H21BrN2O3/c1-10(2)17-9-11(16)8-12(17)13(19)18-7-5-4-6-15(18,3)14(20)21/h8-10H,4-7H2,1-3H3,(H,20,21). The van der Waals surface area contributed by atoms with Crippen LogP contribution in [0.1, 0.15) is 56.6 Å². The maximum Gasteiger partial charge on any atom is 0.329 e. The van der Waals surface area contributed by atoms with Crippen LogP contribution in [-0.4, -0.2) is 38.5 Å². The molecule has 1 N–H and O–H groups in total. The van der Waals surface area contributed by atoms with Crippen molar-refractivity contribution in [2.75, 3.05) is 6.54 Å². The van der Waals surface area contributed by atoms with Crippen molar-refractivity contribution in [1.82, 2.24) is 9.47 Å². The summed E-state index contributed by atoms with van der Waals surface area (Å²) < 4.78 is 2.71. The zero-order valence-electron chi connectivity index (χ0n) is 12.6. The second-order valence-electron chi connectivity index (χ2n) is 6.04. The number of rotatable bonds is 3. The highest BCUT2D eigenvalue weighted by Crippen LogP contribution is 2.31. The lowest BCUT2D eigenvalue weighted by Gasteiger charge is -2.41. The molecule has 1 amide bonds. The third kappa shape index (κ3) is 2.86. The minimum Gasteiger partial charge on any atom is -0.480 e. The summed E-state index contributed by atoms with van der Waals surface area (Å²) >= 11 is 3.39. The van der Waals surface area contributed by atoms with E-state index in [1.807, 2.05) is 24.6 Å². The molecule has 1 aromatic rings. The van der Waals surface area contributed by atoms with Crippen molar-refractivity contribution in [3.8, 4) is 0 Å². The Morgan fingerprint density at radius 1 is 1.38 bits per heavy atom. The Morgan fingerprint density at radius 2 is 2.05 bits per heavy atom.